The van der Waals surface area contributed by atoms with Crippen LogP contribution in [-0.4, -0.2) is 14.5 Å². The van der Waals surface area contributed by atoms with E-state index in [-0.39, 0.29) is 0 Å². The summed E-state index contributed by atoms with van der Waals surface area (Å²) in [7, 11) is 0. The second-order valence-electron chi connectivity index (χ2n) is 6.76. The lowest BCUT2D eigenvalue weighted by atomic mass is 10.2. The van der Waals surface area contributed by atoms with Crippen LogP contribution in [0.25, 0.3) is 50.2 Å². The van der Waals surface area contributed by atoms with Crippen LogP contribution in [0.4, 0.5) is 0 Å². The number of fused-ring (bicyclic) bond motifs is 4. The molecule has 0 spiro atoms. The number of oxazole rings is 1. The SMILES string of the molecule is c1cc(-c2nc3ncccc3o2)cc(-n2c3ccccc3c3ccccc32)c1. The number of aromatic nitrogens is 3. The Balaban J connectivity index is 1.61. The van der Waals surface area contributed by atoms with Crippen molar-refractivity contribution in [2.45, 2.75) is 0 Å². The predicted octanol–water partition coefficient (Wildman–Crippen LogP) is 5.99. The van der Waals surface area contributed by atoms with Gasteiger partial charge in [-0.15, -0.1) is 0 Å². The Morgan fingerprint density at radius 2 is 1.46 bits per heavy atom. The van der Waals surface area contributed by atoms with E-state index in [9.17, 15) is 0 Å². The summed E-state index contributed by atoms with van der Waals surface area (Å²) in [5, 5.41) is 2.49. The first-order valence-corrected chi connectivity index (χ1v) is 9.19. The highest BCUT2D eigenvalue weighted by molar-refractivity contribution is 6.09. The van der Waals surface area contributed by atoms with Crippen LogP contribution in [0, 0.1) is 0 Å². The van der Waals surface area contributed by atoms with Gasteiger partial charge in [-0.25, -0.2) is 4.98 Å². The highest BCUT2D eigenvalue weighted by Crippen LogP contribution is 2.33. The summed E-state index contributed by atoms with van der Waals surface area (Å²) in [4.78, 5) is 8.81. The van der Waals surface area contributed by atoms with Crippen LogP contribution >= 0.6 is 0 Å². The first-order chi connectivity index (χ1) is 13.9. The van der Waals surface area contributed by atoms with E-state index in [0.717, 1.165) is 11.3 Å². The molecule has 3 aromatic heterocycles. The maximum absolute atomic E-state index is 5.92. The van der Waals surface area contributed by atoms with Gasteiger partial charge in [0, 0.05) is 28.2 Å². The molecule has 132 valence electrons. The summed E-state index contributed by atoms with van der Waals surface area (Å²) in [6.45, 7) is 0. The number of para-hydroxylation sites is 2. The van der Waals surface area contributed by atoms with E-state index in [4.69, 9.17) is 4.42 Å². The van der Waals surface area contributed by atoms with Crippen LogP contribution in [0.3, 0.4) is 0 Å². The van der Waals surface area contributed by atoms with Crippen LogP contribution in [0.15, 0.2) is 95.5 Å². The molecule has 0 unspecified atom stereocenters. The number of hydrogen-bond acceptors (Lipinski definition) is 3. The fraction of sp³-hybridized carbons (Fsp3) is 0. The number of pyridine rings is 1. The Hall–Kier alpha value is -3.92. The number of benzene rings is 3. The molecule has 0 atom stereocenters. The van der Waals surface area contributed by atoms with Crippen LogP contribution in [-0.2, 0) is 0 Å². The van der Waals surface area contributed by atoms with Crippen molar-refractivity contribution in [3.63, 3.8) is 0 Å². The minimum Gasteiger partial charge on any atom is -0.434 e. The summed E-state index contributed by atoms with van der Waals surface area (Å²) < 4.78 is 8.21. The zero-order valence-corrected chi connectivity index (χ0v) is 14.9. The average Bonchev–Trinajstić information content (AvgIpc) is 3.33. The highest BCUT2D eigenvalue weighted by Gasteiger charge is 2.13. The second-order valence-corrected chi connectivity index (χ2v) is 6.76. The molecule has 3 heterocycles. The zero-order valence-electron chi connectivity index (χ0n) is 14.9. The first kappa shape index (κ1) is 15.2. The van der Waals surface area contributed by atoms with Crippen molar-refractivity contribution in [2.75, 3.05) is 0 Å². The van der Waals surface area contributed by atoms with E-state index in [0.29, 0.717) is 17.1 Å². The maximum atomic E-state index is 5.92. The zero-order chi connectivity index (χ0) is 18.5. The topological polar surface area (TPSA) is 43.9 Å². The van der Waals surface area contributed by atoms with E-state index in [1.165, 1.54) is 21.8 Å². The summed E-state index contributed by atoms with van der Waals surface area (Å²) in [5.74, 6) is 0.580. The lowest BCUT2D eigenvalue weighted by Crippen LogP contribution is -1.94. The van der Waals surface area contributed by atoms with Gasteiger partial charge in [0.1, 0.15) is 0 Å². The lowest BCUT2D eigenvalue weighted by molar-refractivity contribution is 0.619. The standard InChI is InChI=1S/C24H15N3O/c1-3-11-20-18(9-1)19-10-2-4-12-21(19)27(20)17-8-5-7-16(15-17)24-26-23-22(28-24)13-6-14-25-23/h1-15H. The van der Waals surface area contributed by atoms with Gasteiger partial charge in [0.05, 0.1) is 11.0 Å². The summed E-state index contributed by atoms with van der Waals surface area (Å²) in [5.41, 5.74) is 5.68. The van der Waals surface area contributed by atoms with Crippen molar-refractivity contribution in [1.29, 1.82) is 0 Å². The molecule has 0 N–H and O–H groups in total. The van der Waals surface area contributed by atoms with Gasteiger partial charge in [-0.1, -0.05) is 42.5 Å². The molecular weight excluding hydrogens is 346 g/mol. The quantitative estimate of drug-likeness (QED) is 0.381. The summed E-state index contributed by atoms with van der Waals surface area (Å²) in [6, 6.07) is 29.0. The van der Waals surface area contributed by atoms with Gasteiger partial charge >= 0.3 is 0 Å². The largest absolute Gasteiger partial charge is 0.434 e. The molecule has 0 aliphatic rings. The van der Waals surface area contributed by atoms with E-state index in [2.05, 4.69) is 75.2 Å². The minimum absolute atomic E-state index is 0.580. The van der Waals surface area contributed by atoms with Gasteiger partial charge in [0.15, 0.2) is 11.2 Å². The average molecular weight is 361 g/mol. The Morgan fingerprint density at radius 3 is 2.21 bits per heavy atom. The molecule has 0 bridgehead atoms. The molecule has 6 aromatic rings. The Bertz CT molecular complexity index is 1390. The van der Waals surface area contributed by atoms with Crippen molar-refractivity contribution in [3.8, 4) is 17.1 Å². The van der Waals surface area contributed by atoms with Gasteiger partial charge < -0.3 is 8.98 Å². The Kier molecular flexibility index (Phi) is 3.14. The Morgan fingerprint density at radius 1 is 0.714 bits per heavy atom. The van der Waals surface area contributed by atoms with Crippen LogP contribution in [0.2, 0.25) is 0 Å². The molecule has 0 saturated carbocycles. The normalized spacial score (nSPS) is 11.6. The van der Waals surface area contributed by atoms with E-state index in [1.807, 2.05) is 24.3 Å². The molecular formula is C24H15N3O. The summed E-state index contributed by atoms with van der Waals surface area (Å²) >= 11 is 0. The van der Waals surface area contributed by atoms with Gasteiger partial charge in [-0.3, -0.25) is 0 Å². The predicted molar refractivity (Wildman–Crippen MR) is 112 cm³/mol. The molecule has 0 amide bonds. The van der Waals surface area contributed by atoms with Crippen LogP contribution < -0.4 is 0 Å². The molecule has 6 rings (SSSR count). The van der Waals surface area contributed by atoms with Crippen molar-refractivity contribution in [1.82, 2.24) is 14.5 Å². The third kappa shape index (κ3) is 2.18. The lowest BCUT2D eigenvalue weighted by Gasteiger charge is -2.08. The molecule has 0 fully saturated rings. The second kappa shape index (κ2) is 5.79. The van der Waals surface area contributed by atoms with Crippen LogP contribution in [0.5, 0.6) is 0 Å². The molecule has 0 aliphatic heterocycles. The molecule has 0 radical (unpaired) electrons. The van der Waals surface area contributed by atoms with Crippen molar-refractivity contribution >= 4 is 33.0 Å². The van der Waals surface area contributed by atoms with E-state index < -0.39 is 0 Å². The van der Waals surface area contributed by atoms with Crippen LogP contribution in [0.1, 0.15) is 0 Å². The molecule has 0 saturated heterocycles. The van der Waals surface area contributed by atoms with Crippen molar-refractivity contribution in [2.24, 2.45) is 0 Å². The van der Waals surface area contributed by atoms with E-state index >= 15 is 0 Å². The van der Waals surface area contributed by atoms with Gasteiger partial charge in [-0.05, 0) is 42.5 Å². The number of rotatable bonds is 2. The maximum Gasteiger partial charge on any atom is 0.228 e. The fourth-order valence-corrected chi connectivity index (χ4v) is 3.87. The van der Waals surface area contributed by atoms with Gasteiger partial charge in [0.25, 0.3) is 0 Å². The fourth-order valence-electron chi connectivity index (χ4n) is 3.87. The number of hydrogen-bond donors (Lipinski definition) is 0. The monoisotopic (exact) mass is 361 g/mol. The smallest absolute Gasteiger partial charge is 0.228 e. The van der Waals surface area contributed by atoms with Crippen molar-refractivity contribution in [3.05, 3.63) is 91.1 Å². The van der Waals surface area contributed by atoms with Gasteiger partial charge in [0.2, 0.25) is 5.89 Å². The van der Waals surface area contributed by atoms with Crippen molar-refractivity contribution < 1.29 is 4.42 Å². The molecule has 0 aliphatic carbocycles. The molecule has 4 heteroatoms. The number of nitrogens with zero attached hydrogens (tertiary/aromatic N) is 3. The highest BCUT2D eigenvalue weighted by atomic mass is 16.3. The molecule has 28 heavy (non-hydrogen) atoms. The molecule has 3 aromatic carbocycles. The Labute approximate surface area is 160 Å². The van der Waals surface area contributed by atoms with E-state index in [1.54, 1.807) is 6.20 Å². The first-order valence-electron chi connectivity index (χ1n) is 9.19. The third-order valence-corrected chi connectivity index (χ3v) is 5.10. The minimum atomic E-state index is 0.580. The third-order valence-electron chi connectivity index (χ3n) is 5.10. The summed E-state index contributed by atoms with van der Waals surface area (Å²) in [6.07, 6.45) is 1.73. The molecule has 4 nitrogen and oxygen atoms in total. The van der Waals surface area contributed by atoms with Gasteiger partial charge in [-0.2, -0.15) is 4.98 Å².